The number of methoxy groups -OCH3 is 1. The first-order valence-corrected chi connectivity index (χ1v) is 9.72. The van der Waals surface area contributed by atoms with E-state index in [4.69, 9.17) is 4.74 Å². The van der Waals surface area contributed by atoms with Crippen molar-refractivity contribution in [2.75, 3.05) is 49.6 Å². The van der Waals surface area contributed by atoms with Crippen molar-refractivity contribution < 1.29 is 14.3 Å². The van der Waals surface area contributed by atoms with Crippen molar-refractivity contribution in [1.82, 2.24) is 4.90 Å². The molecular weight excluding hydrogens is 354 g/mol. The van der Waals surface area contributed by atoms with Crippen molar-refractivity contribution in [2.24, 2.45) is 0 Å². The smallest absolute Gasteiger partial charge is 0.253 e. The number of anilines is 2. The Kier molecular flexibility index (Phi) is 4.94. The normalized spacial score (nSPS) is 16.4. The number of benzene rings is 2. The fraction of sp³-hybridized carbons (Fsp3) is 0.364. The Labute approximate surface area is 165 Å². The number of carbonyl (C=O) groups excluding carboxylic acids is 2. The minimum Gasteiger partial charge on any atom is -0.497 e. The van der Waals surface area contributed by atoms with Gasteiger partial charge in [0.1, 0.15) is 5.75 Å². The predicted octanol–water partition coefficient (Wildman–Crippen LogP) is 2.57. The highest BCUT2D eigenvalue weighted by molar-refractivity contribution is 6.03. The lowest BCUT2D eigenvalue weighted by Gasteiger charge is -2.36. The van der Waals surface area contributed by atoms with Crippen LogP contribution in [-0.4, -0.2) is 56.5 Å². The molecule has 2 amide bonds. The fourth-order valence-corrected chi connectivity index (χ4v) is 4.02. The molecule has 0 aromatic heterocycles. The maximum Gasteiger partial charge on any atom is 0.253 e. The van der Waals surface area contributed by atoms with Crippen molar-refractivity contribution in [3.05, 3.63) is 53.6 Å². The van der Waals surface area contributed by atoms with Crippen molar-refractivity contribution in [1.29, 1.82) is 0 Å². The van der Waals surface area contributed by atoms with Gasteiger partial charge in [0, 0.05) is 55.7 Å². The van der Waals surface area contributed by atoms with Gasteiger partial charge in [0.25, 0.3) is 5.91 Å². The maximum atomic E-state index is 13.0. The van der Waals surface area contributed by atoms with E-state index in [0.29, 0.717) is 31.6 Å². The molecule has 0 spiro atoms. The Hall–Kier alpha value is -3.02. The summed E-state index contributed by atoms with van der Waals surface area (Å²) in [5.41, 5.74) is 3.67. The summed E-state index contributed by atoms with van der Waals surface area (Å²) in [5.74, 6) is 0.981. The second-order valence-corrected chi connectivity index (χ2v) is 7.14. The number of ether oxygens (including phenoxy) is 1. The average molecular weight is 379 g/mol. The van der Waals surface area contributed by atoms with Crippen molar-refractivity contribution in [3.8, 4) is 5.75 Å². The Balaban J connectivity index is 1.43. The Morgan fingerprint density at radius 3 is 2.57 bits per heavy atom. The lowest BCUT2D eigenvalue weighted by atomic mass is 10.1. The molecule has 1 saturated heterocycles. The highest BCUT2D eigenvalue weighted by Crippen LogP contribution is 2.30. The van der Waals surface area contributed by atoms with Gasteiger partial charge in [-0.3, -0.25) is 9.59 Å². The molecule has 146 valence electrons. The molecule has 2 heterocycles. The van der Waals surface area contributed by atoms with Gasteiger partial charge in [-0.1, -0.05) is 6.07 Å². The predicted molar refractivity (Wildman–Crippen MR) is 109 cm³/mol. The highest BCUT2D eigenvalue weighted by Gasteiger charge is 2.28. The van der Waals surface area contributed by atoms with E-state index in [1.807, 2.05) is 48.2 Å². The summed E-state index contributed by atoms with van der Waals surface area (Å²) in [5, 5.41) is 0. The minimum absolute atomic E-state index is 0.0375. The van der Waals surface area contributed by atoms with Crippen LogP contribution in [0.25, 0.3) is 0 Å². The van der Waals surface area contributed by atoms with Crippen LogP contribution in [0.1, 0.15) is 22.8 Å². The van der Waals surface area contributed by atoms with E-state index in [1.54, 1.807) is 12.0 Å². The molecule has 2 aromatic rings. The number of nitrogens with zero attached hydrogens (tertiary/aromatic N) is 3. The van der Waals surface area contributed by atoms with E-state index < -0.39 is 0 Å². The van der Waals surface area contributed by atoms with Gasteiger partial charge in [0.2, 0.25) is 5.91 Å². The third-order valence-corrected chi connectivity index (χ3v) is 5.56. The van der Waals surface area contributed by atoms with E-state index in [1.165, 1.54) is 0 Å². The van der Waals surface area contributed by atoms with Gasteiger partial charge in [-0.15, -0.1) is 0 Å². The number of rotatable bonds is 4. The number of amides is 2. The van der Waals surface area contributed by atoms with Gasteiger partial charge in [-0.2, -0.15) is 0 Å². The summed E-state index contributed by atoms with van der Waals surface area (Å²) in [6.45, 7) is 5.54. The number of carbonyl (C=O) groups is 2. The van der Waals surface area contributed by atoms with Crippen LogP contribution in [0.5, 0.6) is 5.75 Å². The van der Waals surface area contributed by atoms with Crippen LogP contribution in [0.15, 0.2) is 42.5 Å². The van der Waals surface area contributed by atoms with Crippen LogP contribution in [0.4, 0.5) is 11.4 Å². The summed E-state index contributed by atoms with van der Waals surface area (Å²) in [4.78, 5) is 31.0. The molecule has 6 heteroatoms. The van der Waals surface area contributed by atoms with Crippen molar-refractivity contribution in [2.45, 2.75) is 13.3 Å². The van der Waals surface area contributed by atoms with Crippen molar-refractivity contribution in [3.63, 3.8) is 0 Å². The molecule has 0 radical (unpaired) electrons. The quantitative estimate of drug-likeness (QED) is 0.819. The largest absolute Gasteiger partial charge is 0.497 e. The van der Waals surface area contributed by atoms with Gasteiger partial charge in [-0.25, -0.2) is 0 Å². The van der Waals surface area contributed by atoms with E-state index in [-0.39, 0.29) is 11.8 Å². The third kappa shape index (κ3) is 3.30. The van der Waals surface area contributed by atoms with Gasteiger partial charge < -0.3 is 19.4 Å². The van der Waals surface area contributed by atoms with Gasteiger partial charge in [0.05, 0.1) is 13.5 Å². The summed E-state index contributed by atoms with van der Waals surface area (Å²) in [7, 11) is 1.67. The van der Waals surface area contributed by atoms with Gasteiger partial charge >= 0.3 is 0 Å². The first-order chi connectivity index (χ1) is 13.6. The van der Waals surface area contributed by atoms with Crippen molar-refractivity contribution >= 4 is 23.2 Å². The Morgan fingerprint density at radius 2 is 1.86 bits per heavy atom. The molecule has 2 aliphatic heterocycles. The van der Waals surface area contributed by atoms with E-state index >= 15 is 0 Å². The summed E-state index contributed by atoms with van der Waals surface area (Å²) in [6, 6.07) is 13.6. The van der Waals surface area contributed by atoms with Crippen LogP contribution < -0.4 is 14.5 Å². The molecule has 2 aromatic carbocycles. The number of piperazine rings is 1. The Morgan fingerprint density at radius 1 is 1.07 bits per heavy atom. The standard InChI is InChI=1S/C22H25N3O3/c1-3-25-20-8-7-16(13-17(20)14-21(25)26)22(27)24-11-9-23(10-12-24)18-5-4-6-19(15-18)28-2/h4-8,13,15H,3,9-12,14H2,1-2H3. The summed E-state index contributed by atoms with van der Waals surface area (Å²) >= 11 is 0. The lowest BCUT2D eigenvalue weighted by Crippen LogP contribution is -2.48. The number of fused-ring (bicyclic) bond motifs is 1. The molecule has 0 aliphatic carbocycles. The van der Waals surface area contributed by atoms with Gasteiger partial charge in [-0.05, 0) is 42.8 Å². The van der Waals surface area contributed by atoms with Gasteiger partial charge in [0.15, 0.2) is 0 Å². The monoisotopic (exact) mass is 379 g/mol. The Bertz CT molecular complexity index is 904. The van der Waals surface area contributed by atoms with E-state index in [2.05, 4.69) is 11.0 Å². The molecule has 0 atom stereocenters. The first kappa shape index (κ1) is 18.3. The zero-order valence-corrected chi connectivity index (χ0v) is 16.4. The molecule has 0 saturated carbocycles. The van der Waals surface area contributed by atoms with Crippen LogP contribution >= 0.6 is 0 Å². The number of hydrogen-bond acceptors (Lipinski definition) is 4. The fourth-order valence-electron chi connectivity index (χ4n) is 4.02. The van der Waals surface area contributed by atoms with E-state index in [0.717, 1.165) is 35.8 Å². The molecule has 1 fully saturated rings. The van der Waals surface area contributed by atoms with Crippen LogP contribution in [-0.2, 0) is 11.2 Å². The average Bonchev–Trinajstić information content (AvgIpc) is 3.07. The summed E-state index contributed by atoms with van der Waals surface area (Å²) in [6.07, 6.45) is 0.383. The van der Waals surface area contributed by atoms with Crippen LogP contribution in [0.3, 0.4) is 0 Å². The SMILES string of the molecule is CCN1C(=O)Cc2cc(C(=O)N3CCN(c4cccc(OC)c4)CC3)ccc21. The minimum atomic E-state index is 0.0375. The zero-order valence-electron chi connectivity index (χ0n) is 16.4. The topological polar surface area (TPSA) is 53.1 Å². The van der Waals surface area contributed by atoms with Crippen LogP contribution in [0, 0.1) is 0 Å². The molecule has 6 nitrogen and oxygen atoms in total. The molecule has 2 aliphatic rings. The second-order valence-electron chi connectivity index (χ2n) is 7.14. The zero-order chi connectivity index (χ0) is 19.7. The van der Waals surface area contributed by atoms with Crippen LogP contribution in [0.2, 0.25) is 0 Å². The molecule has 28 heavy (non-hydrogen) atoms. The number of likely N-dealkylation sites (N-methyl/N-ethyl adjacent to an activating group) is 1. The van der Waals surface area contributed by atoms with E-state index in [9.17, 15) is 9.59 Å². The first-order valence-electron chi connectivity index (χ1n) is 9.72. The molecule has 4 rings (SSSR count). The highest BCUT2D eigenvalue weighted by atomic mass is 16.5. The molecule has 0 unspecified atom stereocenters. The third-order valence-electron chi connectivity index (χ3n) is 5.56. The molecule has 0 bridgehead atoms. The molecule has 0 N–H and O–H groups in total. The summed E-state index contributed by atoms with van der Waals surface area (Å²) < 4.78 is 5.30. The maximum absolute atomic E-state index is 13.0. The lowest BCUT2D eigenvalue weighted by molar-refractivity contribution is -0.117. The second kappa shape index (κ2) is 7.54. The number of hydrogen-bond donors (Lipinski definition) is 0. The molecular formula is C22H25N3O3.